The van der Waals surface area contributed by atoms with Gasteiger partial charge in [-0.05, 0) is 36.2 Å². The van der Waals surface area contributed by atoms with Crippen molar-refractivity contribution in [2.75, 3.05) is 34.4 Å². The minimum atomic E-state index is 0.0283. The first-order valence-electron chi connectivity index (χ1n) is 8.18. The highest BCUT2D eigenvalue weighted by Crippen LogP contribution is 2.27. The Morgan fingerprint density at radius 2 is 1.72 bits per heavy atom. The summed E-state index contributed by atoms with van der Waals surface area (Å²) < 4.78 is 16.2. The van der Waals surface area contributed by atoms with Gasteiger partial charge in [-0.25, -0.2) is 0 Å². The average molecular weight is 343 g/mol. The van der Waals surface area contributed by atoms with Gasteiger partial charge >= 0.3 is 0 Å². The molecule has 25 heavy (non-hydrogen) atoms. The fourth-order valence-corrected chi connectivity index (χ4v) is 2.44. The predicted octanol–water partition coefficient (Wildman–Crippen LogP) is 3.09. The molecule has 0 bridgehead atoms. The number of methoxy groups -OCH3 is 2. The van der Waals surface area contributed by atoms with E-state index in [1.165, 1.54) is 0 Å². The van der Waals surface area contributed by atoms with E-state index in [4.69, 9.17) is 14.2 Å². The largest absolute Gasteiger partial charge is 0.493 e. The zero-order valence-corrected chi connectivity index (χ0v) is 15.2. The van der Waals surface area contributed by atoms with Gasteiger partial charge in [0.1, 0.15) is 12.4 Å². The maximum absolute atomic E-state index is 12.4. The Morgan fingerprint density at radius 3 is 2.40 bits per heavy atom. The maximum Gasteiger partial charge on any atom is 0.226 e. The maximum atomic E-state index is 12.4. The van der Waals surface area contributed by atoms with E-state index in [0.717, 1.165) is 16.9 Å². The molecule has 134 valence electrons. The molecule has 0 atom stereocenters. The van der Waals surface area contributed by atoms with Crippen molar-refractivity contribution < 1.29 is 19.0 Å². The van der Waals surface area contributed by atoms with Crippen LogP contribution in [0.15, 0.2) is 42.5 Å². The zero-order valence-electron chi connectivity index (χ0n) is 15.2. The van der Waals surface area contributed by atoms with Gasteiger partial charge in [0.15, 0.2) is 11.5 Å². The molecule has 5 heteroatoms. The normalized spacial score (nSPS) is 10.2. The lowest BCUT2D eigenvalue weighted by Crippen LogP contribution is -2.32. The molecule has 0 unspecified atom stereocenters. The Balaban J connectivity index is 1.87. The molecule has 0 saturated heterocycles. The van der Waals surface area contributed by atoms with Crippen LogP contribution in [0.4, 0.5) is 0 Å². The molecule has 0 spiro atoms. The molecule has 0 fully saturated rings. The number of rotatable bonds is 8. The average Bonchev–Trinajstić information content (AvgIpc) is 2.63. The number of ether oxygens (including phenoxy) is 3. The highest BCUT2D eigenvalue weighted by atomic mass is 16.5. The Labute approximate surface area is 149 Å². The van der Waals surface area contributed by atoms with Crippen molar-refractivity contribution in [1.82, 2.24) is 4.90 Å². The highest BCUT2D eigenvalue weighted by molar-refractivity contribution is 5.78. The summed E-state index contributed by atoms with van der Waals surface area (Å²) in [6, 6.07) is 13.4. The molecule has 0 aliphatic heterocycles. The van der Waals surface area contributed by atoms with Crippen molar-refractivity contribution in [2.45, 2.75) is 13.3 Å². The van der Waals surface area contributed by atoms with E-state index >= 15 is 0 Å². The number of hydrogen-bond donors (Lipinski definition) is 0. The van der Waals surface area contributed by atoms with E-state index in [0.29, 0.717) is 31.1 Å². The summed E-state index contributed by atoms with van der Waals surface area (Å²) >= 11 is 0. The van der Waals surface area contributed by atoms with Crippen LogP contribution < -0.4 is 14.2 Å². The molecule has 2 rings (SSSR count). The van der Waals surface area contributed by atoms with E-state index in [2.05, 4.69) is 0 Å². The summed E-state index contributed by atoms with van der Waals surface area (Å²) in [5.41, 5.74) is 1.97. The number of benzene rings is 2. The molecular formula is C20H25NO4. The molecule has 0 heterocycles. The van der Waals surface area contributed by atoms with Gasteiger partial charge in [-0.15, -0.1) is 0 Å². The van der Waals surface area contributed by atoms with Crippen LogP contribution in [-0.2, 0) is 11.2 Å². The minimum absolute atomic E-state index is 0.0283. The van der Waals surface area contributed by atoms with Gasteiger partial charge in [0, 0.05) is 7.05 Å². The molecule has 2 aromatic rings. The van der Waals surface area contributed by atoms with Crippen LogP contribution in [-0.4, -0.2) is 45.2 Å². The Morgan fingerprint density at radius 1 is 1.00 bits per heavy atom. The molecule has 2 aromatic carbocycles. The van der Waals surface area contributed by atoms with Gasteiger partial charge in [-0.1, -0.05) is 24.3 Å². The molecule has 0 N–H and O–H groups in total. The van der Waals surface area contributed by atoms with Crippen LogP contribution in [0.3, 0.4) is 0 Å². The van der Waals surface area contributed by atoms with Gasteiger partial charge < -0.3 is 19.1 Å². The smallest absolute Gasteiger partial charge is 0.226 e. The molecule has 0 radical (unpaired) electrons. The number of nitrogens with zero attached hydrogens (tertiary/aromatic N) is 1. The summed E-state index contributed by atoms with van der Waals surface area (Å²) in [5.74, 6) is 2.15. The fraction of sp³-hybridized carbons (Fsp3) is 0.350. The summed E-state index contributed by atoms with van der Waals surface area (Å²) in [6.07, 6.45) is 0.307. The molecule has 5 nitrogen and oxygen atoms in total. The van der Waals surface area contributed by atoms with Gasteiger partial charge in [-0.3, -0.25) is 4.79 Å². The van der Waals surface area contributed by atoms with Crippen molar-refractivity contribution in [2.24, 2.45) is 0 Å². The van der Waals surface area contributed by atoms with E-state index < -0.39 is 0 Å². The summed E-state index contributed by atoms with van der Waals surface area (Å²) in [7, 11) is 4.95. The topological polar surface area (TPSA) is 48.0 Å². The third kappa shape index (κ3) is 5.14. The van der Waals surface area contributed by atoms with Gasteiger partial charge in [0.05, 0.1) is 27.2 Å². The minimum Gasteiger partial charge on any atom is -0.493 e. The van der Waals surface area contributed by atoms with Crippen molar-refractivity contribution >= 4 is 5.91 Å². The Bertz CT molecular complexity index is 715. The third-order valence-electron chi connectivity index (χ3n) is 4.01. The number of carbonyl (C=O) groups excluding carboxylic acids is 1. The Kier molecular flexibility index (Phi) is 6.69. The van der Waals surface area contributed by atoms with Crippen LogP contribution in [0.1, 0.15) is 11.1 Å². The first kappa shape index (κ1) is 18.6. The van der Waals surface area contributed by atoms with Gasteiger partial charge in [0.25, 0.3) is 0 Å². The predicted molar refractivity (Wildman–Crippen MR) is 97.6 cm³/mol. The number of amides is 1. The molecule has 0 aromatic heterocycles. The quantitative estimate of drug-likeness (QED) is 0.739. The van der Waals surface area contributed by atoms with Crippen LogP contribution >= 0.6 is 0 Å². The molecule has 1 amide bonds. The van der Waals surface area contributed by atoms with E-state index in [1.54, 1.807) is 26.2 Å². The Hall–Kier alpha value is -2.69. The molecule has 0 aliphatic carbocycles. The summed E-state index contributed by atoms with van der Waals surface area (Å²) in [6.45, 7) is 2.99. The molecular weight excluding hydrogens is 318 g/mol. The van der Waals surface area contributed by atoms with Crippen molar-refractivity contribution in [1.29, 1.82) is 0 Å². The zero-order chi connectivity index (χ0) is 18.2. The summed E-state index contributed by atoms with van der Waals surface area (Å²) in [5, 5.41) is 0. The second kappa shape index (κ2) is 8.97. The standard InChI is InChI=1S/C20H25NO4/c1-15-7-5-6-8-17(15)25-12-11-21(2)20(22)14-16-9-10-18(23-3)19(13-16)24-4/h5-10,13H,11-12,14H2,1-4H3. The lowest BCUT2D eigenvalue weighted by molar-refractivity contribution is -0.129. The number of likely N-dealkylation sites (N-methyl/N-ethyl adjacent to an activating group) is 1. The van der Waals surface area contributed by atoms with E-state index in [9.17, 15) is 4.79 Å². The van der Waals surface area contributed by atoms with Crippen LogP contribution in [0.25, 0.3) is 0 Å². The second-order valence-electron chi connectivity index (χ2n) is 5.80. The number of aryl methyl sites for hydroxylation is 1. The first-order chi connectivity index (χ1) is 12.0. The van der Waals surface area contributed by atoms with E-state index in [-0.39, 0.29) is 5.91 Å². The fourth-order valence-electron chi connectivity index (χ4n) is 2.44. The number of hydrogen-bond acceptors (Lipinski definition) is 4. The first-order valence-corrected chi connectivity index (χ1v) is 8.18. The molecule has 0 saturated carbocycles. The summed E-state index contributed by atoms with van der Waals surface area (Å²) in [4.78, 5) is 14.0. The number of carbonyl (C=O) groups is 1. The van der Waals surface area contributed by atoms with Crippen LogP contribution in [0.5, 0.6) is 17.2 Å². The van der Waals surface area contributed by atoms with Crippen molar-refractivity contribution in [3.63, 3.8) is 0 Å². The van der Waals surface area contributed by atoms with Crippen LogP contribution in [0.2, 0.25) is 0 Å². The van der Waals surface area contributed by atoms with Crippen LogP contribution in [0, 0.1) is 6.92 Å². The molecule has 0 aliphatic rings. The van der Waals surface area contributed by atoms with Gasteiger partial charge in [-0.2, -0.15) is 0 Å². The third-order valence-corrected chi connectivity index (χ3v) is 4.01. The monoisotopic (exact) mass is 343 g/mol. The van der Waals surface area contributed by atoms with Crippen molar-refractivity contribution in [3.8, 4) is 17.2 Å². The number of para-hydroxylation sites is 1. The lowest BCUT2D eigenvalue weighted by atomic mass is 10.1. The highest BCUT2D eigenvalue weighted by Gasteiger charge is 2.12. The van der Waals surface area contributed by atoms with Crippen molar-refractivity contribution in [3.05, 3.63) is 53.6 Å². The lowest BCUT2D eigenvalue weighted by Gasteiger charge is -2.18. The van der Waals surface area contributed by atoms with Gasteiger partial charge in [0.2, 0.25) is 5.91 Å². The second-order valence-corrected chi connectivity index (χ2v) is 5.80. The van der Waals surface area contributed by atoms with E-state index in [1.807, 2.05) is 49.4 Å². The SMILES string of the molecule is COc1ccc(CC(=O)N(C)CCOc2ccccc2C)cc1OC.